The maximum absolute atomic E-state index is 4.61. The van der Waals surface area contributed by atoms with Crippen molar-refractivity contribution in [3.8, 4) is 0 Å². The molecule has 1 saturated carbocycles. The highest BCUT2D eigenvalue weighted by molar-refractivity contribution is 5.67. The minimum atomic E-state index is 0.444. The van der Waals surface area contributed by atoms with E-state index in [0.717, 1.165) is 29.5 Å². The van der Waals surface area contributed by atoms with Crippen LogP contribution < -0.4 is 5.32 Å². The molecule has 4 nitrogen and oxygen atoms in total. The van der Waals surface area contributed by atoms with Gasteiger partial charge in [0.05, 0.1) is 5.69 Å². The molecule has 1 aliphatic rings. The Morgan fingerprint density at radius 2 is 2.10 bits per heavy atom. The molecule has 0 saturated heterocycles. The maximum Gasteiger partial charge on any atom is 0.152 e. The van der Waals surface area contributed by atoms with Crippen molar-refractivity contribution in [1.29, 1.82) is 0 Å². The van der Waals surface area contributed by atoms with Gasteiger partial charge in [0.2, 0.25) is 0 Å². The van der Waals surface area contributed by atoms with Crippen molar-refractivity contribution in [2.24, 2.45) is 5.92 Å². The summed E-state index contributed by atoms with van der Waals surface area (Å²) in [5, 5.41) is 8.12. The van der Waals surface area contributed by atoms with Crippen LogP contribution in [0.25, 0.3) is 5.52 Å². The highest BCUT2D eigenvalue weighted by atomic mass is 15.2. The van der Waals surface area contributed by atoms with Gasteiger partial charge >= 0.3 is 0 Å². The molecule has 0 unspecified atom stereocenters. The average Bonchev–Trinajstić information content (AvgIpc) is 2.94. The Kier molecular flexibility index (Phi) is 4.42. The van der Waals surface area contributed by atoms with Crippen molar-refractivity contribution in [2.45, 2.75) is 58.3 Å². The summed E-state index contributed by atoms with van der Waals surface area (Å²) in [6.07, 6.45) is 12.1. The van der Waals surface area contributed by atoms with E-state index in [1.807, 2.05) is 16.9 Å². The number of hydrogen-bond acceptors (Lipinski definition) is 3. The third-order valence-corrected chi connectivity index (χ3v) is 4.57. The zero-order valence-corrected chi connectivity index (χ0v) is 13.2. The zero-order chi connectivity index (χ0) is 14.7. The van der Waals surface area contributed by atoms with Gasteiger partial charge in [-0.3, -0.25) is 0 Å². The second kappa shape index (κ2) is 6.46. The molecule has 114 valence electrons. The van der Waals surface area contributed by atoms with Crippen molar-refractivity contribution in [1.82, 2.24) is 14.6 Å². The molecule has 0 aliphatic heterocycles. The summed E-state index contributed by atoms with van der Waals surface area (Å²) < 4.78 is 1.94. The van der Waals surface area contributed by atoms with Crippen LogP contribution in [-0.2, 0) is 0 Å². The van der Waals surface area contributed by atoms with Gasteiger partial charge in [0.15, 0.2) is 5.82 Å². The predicted octanol–water partition coefficient (Wildman–Crippen LogP) is 4.24. The fraction of sp³-hybridized carbons (Fsp3) is 0.647. The first kappa shape index (κ1) is 14.4. The zero-order valence-electron chi connectivity index (χ0n) is 13.2. The standard InChI is InChI=1S/C17H26N4/c1-13(2)15-12-16-17(19-10-11-21(16)20-15)18-9-8-14-6-4-3-5-7-14/h10-14H,3-9H2,1-2H3,(H,18,19). The van der Waals surface area contributed by atoms with Crippen LogP contribution in [0.1, 0.15) is 64.0 Å². The molecule has 0 spiro atoms. The van der Waals surface area contributed by atoms with Gasteiger partial charge in [-0.1, -0.05) is 46.0 Å². The van der Waals surface area contributed by atoms with Crippen LogP contribution in [0.3, 0.4) is 0 Å². The summed E-state index contributed by atoms with van der Waals surface area (Å²) in [6.45, 7) is 5.36. The Balaban J connectivity index is 1.65. The molecular formula is C17H26N4. The lowest BCUT2D eigenvalue weighted by atomic mass is 9.87. The Bertz CT molecular complexity index is 581. The lowest BCUT2D eigenvalue weighted by Crippen LogP contribution is -2.13. The molecule has 0 bridgehead atoms. The fourth-order valence-electron chi connectivity index (χ4n) is 3.23. The van der Waals surface area contributed by atoms with E-state index >= 15 is 0 Å². The van der Waals surface area contributed by atoms with Gasteiger partial charge in [-0.15, -0.1) is 0 Å². The molecule has 21 heavy (non-hydrogen) atoms. The van der Waals surface area contributed by atoms with E-state index in [2.05, 4.69) is 35.3 Å². The van der Waals surface area contributed by atoms with E-state index in [9.17, 15) is 0 Å². The summed E-state index contributed by atoms with van der Waals surface area (Å²) in [5.74, 6) is 2.31. The molecule has 1 fully saturated rings. The summed E-state index contributed by atoms with van der Waals surface area (Å²) in [4.78, 5) is 4.49. The number of nitrogens with zero attached hydrogens (tertiary/aromatic N) is 3. The molecule has 4 heteroatoms. The van der Waals surface area contributed by atoms with Crippen LogP contribution in [-0.4, -0.2) is 21.1 Å². The van der Waals surface area contributed by atoms with Crippen LogP contribution in [0.15, 0.2) is 18.5 Å². The van der Waals surface area contributed by atoms with E-state index in [-0.39, 0.29) is 0 Å². The molecule has 0 aromatic carbocycles. The first-order valence-corrected chi connectivity index (χ1v) is 8.32. The maximum atomic E-state index is 4.61. The highest BCUT2D eigenvalue weighted by Crippen LogP contribution is 2.26. The summed E-state index contributed by atoms with van der Waals surface area (Å²) >= 11 is 0. The molecule has 2 aromatic rings. The molecular weight excluding hydrogens is 260 g/mol. The Morgan fingerprint density at radius 3 is 2.86 bits per heavy atom. The Labute approximate surface area is 127 Å². The molecule has 0 radical (unpaired) electrons. The monoisotopic (exact) mass is 286 g/mol. The number of fused-ring (bicyclic) bond motifs is 1. The minimum absolute atomic E-state index is 0.444. The number of aromatic nitrogens is 3. The van der Waals surface area contributed by atoms with Crippen LogP contribution in [0.5, 0.6) is 0 Å². The van der Waals surface area contributed by atoms with E-state index in [0.29, 0.717) is 5.92 Å². The van der Waals surface area contributed by atoms with Crippen LogP contribution in [0, 0.1) is 5.92 Å². The number of rotatable bonds is 5. The van der Waals surface area contributed by atoms with Gasteiger partial charge in [-0.05, 0) is 24.3 Å². The Morgan fingerprint density at radius 1 is 1.29 bits per heavy atom. The smallest absolute Gasteiger partial charge is 0.152 e. The number of anilines is 1. The largest absolute Gasteiger partial charge is 0.368 e. The van der Waals surface area contributed by atoms with Gasteiger partial charge in [0.1, 0.15) is 5.52 Å². The van der Waals surface area contributed by atoms with E-state index in [1.54, 1.807) is 0 Å². The topological polar surface area (TPSA) is 42.2 Å². The van der Waals surface area contributed by atoms with E-state index < -0.39 is 0 Å². The van der Waals surface area contributed by atoms with Gasteiger partial charge < -0.3 is 5.32 Å². The molecule has 1 aliphatic carbocycles. The van der Waals surface area contributed by atoms with Crippen LogP contribution in [0.4, 0.5) is 5.82 Å². The van der Waals surface area contributed by atoms with E-state index in [4.69, 9.17) is 0 Å². The molecule has 0 atom stereocenters. The molecule has 2 aromatic heterocycles. The Hall–Kier alpha value is -1.58. The summed E-state index contributed by atoms with van der Waals surface area (Å²) in [6, 6.07) is 2.15. The quantitative estimate of drug-likeness (QED) is 0.894. The number of hydrogen-bond donors (Lipinski definition) is 1. The van der Waals surface area contributed by atoms with Crippen molar-refractivity contribution >= 4 is 11.3 Å². The SMILES string of the molecule is CC(C)c1cc2c(NCCC3CCCCC3)nccn2n1. The first-order chi connectivity index (χ1) is 10.2. The lowest BCUT2D eigenvalue weighted by Gasteiger charge is -2.21. The first-order valence-electron chi connectivity index (χ1n) is 8.32. The van der Waals surface area contributed by atoms with Crippen molar-refractivity contribution in [2.75, 3.05) is 11.9 Å². The third-order valence-electron chi connectivity index (χ3n) is 4.57. The lowest BCUT2D eigenvalue weighted by molar-refractivity contribution is 0.345. The van der Waals surface area contributed by atoms with E-state index in [1.165, 1.54) is 38.5 Å². The molecule has 0 amide bonds. The average molecular weight is 286 g/mol. The molecule has 2 heterocycles. The summed E-state index contributed by atoms with van der Waals surface area (Å²) in [7, 11) is 0. The number of nitrogens with one attached hydrogen (secondary N) is 1. The molecule has 1 N–H and O–H groups in total. The summed E-state index contributed by atoms with van der Waals surface area (Å²) in [5.41, 5.74) is 2.21. The normalized spacial score (nSPS) is 16.7. The predicted molar refractivity (Wildman–Crippen MR) is 86.8 cm³/mol. The van der Waals surface area contributed by atoms with Gasteiger partial charge in [-0.25, -0.2) is 9.50 Å². The molecule has 3 rings (SSSR count). The second-order valence-corrected chi connectivity index (χ2v) is 6.55. The van der Waals surface area contributed by atoms with Crippen molar-refractivity contribution < 1.29 is 0 Å². The van der Waals surface area contributed by atoms with Crippen LogP contribution in [0.2, 0.25) is 0 Å². The minimum Gasteiger partial charge on any atom is -0.368 e. The second-order valence-electron chi connectivity index (χ2n) is 6.55. The van der Waals surface area contributed by atoms with Crippen LogP contribution >= 0.6 is 0 Å². The van der Waals surface area contributed by atoms with Gasteiger partial charge in [0.25, 0.3) is 0 Å². The van der Waals surface area contributed by atoms with Gasteiger partial charge in [-0.2, -0.15) is 5.10 Å². The van der Waals surface area contributed by atoms with Crippen molar-refractivity contribution in [3.63, 3.8) is 0 Å². The van der Waals surface area contributed by atoms with Crippen molar-refractivity contribution in [3.05, 3.63) is 24.2 Å². The fourth-order valence-corrected chi connectivity index (χ4v) is 3.23. The van der Waals surface area contributed by atoms with Gasteiger partial charge in [0, 0.05) is 18.9 Å². The highest BCUT2D eigenvalue weighted by Gasteiger charge is 2.14. The third kappa shape index (κ3) is 3.36.